The van der Waals surface area contributed by atoms with Gasteiger partial charge in [0.25, 0.3) is 0 Å². The van der Waals surface area contributed by atoms with E-state index in [1.165, 1.54) is 0 Å². The molecule has 0 radical (unpaired) electrons. The largest absolute Gasteiger partial charge is 0.378 e. The van der Waals surface area contributed by atoms with Crippen molar-refractivity contribution >= 4 is 28.6 Å². The Bertz CT molecular complexity index is 779. The maximum Gasteiger partial charge on any atom is 0.115 e. The molecule has 0 saturated heterocycles. The number of anilines is 1. The van der Waals surface area contributed by atoms with E-state index in [0.717, 1.165) is 32.5 Å². The molecule has 0 bridgehead atoms. The molecule has 3 rings (SSSR count). The summed E-state index contributed by atoms with van der Waals surface area (Å²) < 4.78 is 0. The number of hydrogen-bond acceptors (Lipinski definition) is 4. The Morgan fingerprint density at radius 2 is 1.70 bits per heavy atom. The van der Waals surface area contributed by atoms with Crippen LogP contribution in [0.5, 0.6) is 0 Å². The highest BCUT2D eigenvalue weighted by Gasteiger charge is 2.14. The van der Waals surface area contributed by atoms with Gasteiger partial charge in [0.15, 0.2) is 0 Å². The Balaban J connectivity index is 1.83. The Morgan fingerprint density at radius 1 is 1.04 bits per heavy atom. The summed E-state index contributed by atoms with van der Waals surface area (Å²) in [6, 6.07) is 15.7. The second-order valence-electron chi connectivity index (χ2n) is 5.54. The quantitative estimate of drug-likeness (QED) is 0.754. The predicted octanol–water partition coefficient (Wildman–Crippen LogP) is 4.58. The molecule has 5 heteroatoms. The molecule has 1 unspecified atom stereocenters. The minimum atomic E-state index is -0.211. The minimum Gasteiger partial charge on any atom is -0.378 e. The average Bonchev–Trinajstić information content (AvgIpc) is 3.05. The third kappa shape index (κ3) is 3.55. The summed E-state index contributed by atoms with van der Waals surface area (Å²) in [5, 5.41) is 3.67. The fraction of sp³-hybridized carbons (Fsp3) is 0.167. The van der Waals surface area contributed by atoms with E-state index >= 15 is 0 Å². The normalized spacial score (nSPS) is 12.2. The summed E-state index contributed by atoms with van der Waals surface area (Å²) in [6.07, 6.45) is 0. The van der Waals surface area contributed by atoms with Crippen LogP contribution in [0.4, 0.5) is 5.69 Å². The number of nitrogens with two attached hydrogens (primary N) is 1. The van der Waals surface area contributed by atoms with E-state index in [2.05, 4.69) is 34.1 Å². The van der Waals surface area contributed by atoms with Crippen LogP contribution in [0, 0.1) is 0 Å². The third-order valence-electron chi connectivity index (χ3n) is 3.70. The van der Waals surface area contributed by atoms with Crippen molar-refractivity contribution in [1.82, 2.24) is 4.98 Å². The van der Waals surface area contributed by atoms with Crippen LogP contribution >= 0.6 is 22.9 Å². The van der Waals surface area contributed by atoms with Crippen LogP contribution in [0.1, 0.15) is 16.6 Å². The van der Waals surface area contributed by atoms with E-state index in [0.29, 0.717) is 0 Å². The number of rotatable bonds is 4. The molecule has 0 aliphatic carbocycles. The first-order chi connectivity index (χ1) is 11.0. The zero-order valence-electron chi connectivity index (χ0n) is 13.0. The molecule has 3 aromatic rings. The second kappa shape index (κ2) is 6.71. The lowest BCUT2D eigenvalue weighted by molar-refractivity contribution is 0.858. The maximum atomic E-state index is 6.37. The van der Waals surface area contributed by atoms with Gasteiger partial charge in [-0.25, -0.2) is 4.98 Å². The summed E-state index contributed by atoms with van der Waals surface area (Å²) in [5.74, 6) is 0. The van der Waals surface area contributed by atoms with Gasteiger partial charge in [0.05, 0.1) is 11.7 Å². The van der Waals surface area contributed by atoms with E-state index in [4.69, 9.17) is 17.3 Å². The molecule has 0 spiro atoms. The molecule has 0 aliphatic heterocycles. The van der Waals surface area contributed by atoms with Gasteiger partial charge in [-0.3, -0.25) is 0 Å². The number of halogens is 1. The van der Waals surface area contributed by atoms with Crippen LogP contribution in [0.2, 0.25) is 5.02 Å². The number of aromatic nitrogens is 1. The summed E-state index contributed by atoms with van der Waals surface area (Å²) in [5.41, 5.74) is 10.6. The fourth-order valence-electron chi connectivity index (χ4n) is 2.31. The van der Waals surface area contributed by atoms with Crippen molar-refractivity contribution in [1.29, 1.82) is 0 Å². The first kappa shape index (κ1) is 16.0. The molecular formula is C18H18ClN3S. The topological polar surface area (TPSA) is 42.1 Å². The maximum absolute atomic E-state index is 6.37. The lowest BCUT2D eigenvalue weighted by Gasteiger charge is -2.14. The Labute approximate surface area is 145 Å². The van der Waals surface area contributed by atoms with E-state index in [1.54, 1.807) is 11.3 Å². The highest BCUT2D eigenvalue weighted by Crippen LogP contribution is 2.29. The summed E-state index contributed by atoms with van der Waals surface area (Å²) in [4.78, 5) is 6.75. The number of hydrogen-bond donors (Lipinski definition) is 1. The van der Waals surface area contributed by atoms with Crippen molar-refractivity contribution in [3.63, 3.8) is 0 Å². The molecule has 0 aliphatic rings. The van der Waals surface area contributed by atoms with Crippen molar-refractivity contribution in [2.75, 3.05) is 19.0 Å². The van der Waals surface area contributed by atoms with Crippen molar-refractivity contribution in [3.05, 3.63) is 69.5 Å². The molecule has 23 heavy (non-hydrogen) atoms. The summed E-state index contributed by atoms with van der Waals surface area (Å²) in [7, 11) is 4.04. The van der Waals surface area contributed by atoms with Gasteiger partial charge in [-0.15, -0.1) is 11.3 Å². The van der Waals surface area contributed by atoms with Gasteiger partial charge in [0.1, 0.15) is 5.01 Å². The fourth-order valence-corrected chi connectivity index (χ4v) is 3.29. The van der Waals surface area contributed by atoms with Crippen molar-refractivity contribution in [3.8, 4) is 11.3 Å². The Hall–Kier alpha value is -1.88. The summed E-state index contributed by atoms with van der Waals surface area (Å²) in [6.45, 7) is 0. The van der Waals surface area contributed by atoms with Gasteiger partial charge in [0, 0.05) is 35.7 Å². The van der Waals surface area contributed by atoms with Crippen molar-refractivity contribution in [2.45, 2.75) is 6.04 Å². The molecule has 0 saturated carbocycles. The molecule has 2 N–H and O–H groups in total. The van der Waals surface area contributed by atoms with Crippen LogP contribution in [0.3, 0.4) is 0 Å². The molecular weight excluding hydrogens is 326 g/mol. The Kier molecular flexibility index (Phi) is 4.66. The lowest BCUT2D eigenvalue weighted by Crippen LogP contribution is -2.12. The first-order valence-electron chi connectivity index (χ1n) is 7.29. The van der Waals surface area contributed by atoms with Gasteiger partial charge >= 0.3 is 0 Å². The Morgan fingerprint density at radius 3 is 2.30 bits per heavy atom. The average molecular weight is 344 g/mol. The smallest absolute Gasteiger partial charge is 0.115 e. The van der Waals surface area contributed by atoms with E-state index < -0.39 is 0 Å². The number of nitrogens with zero attached hydrogens (tertiary/aromatic N) is 2. The molecule has 0 amide bonds. The summed E-state index contributed by atoms with van der Waals surface area (Å²) >= 11 is 7.51. The standard InChI is InChI=1S/C18H18ClN3S/c1-22(2)15-9-5-13(6-10-15)17(20)18-21-16(11-23-18)12-3-7-14(19)8-4-12/h3-11,17H,20H2,1-2H3. The molecule has 3 nitrogen and oxygen atoms in total. The van der Waals surface area contributed by atoms with E-state index in [9.17, 15) is 0 Å². The number of benzene rings is 2. The molecule has 1 atom stereocenters. The SMILES string of the molecule is CN(C)c1ccc(C(N)c2nc(-c3ccc(Cl)cc3)cs2)cc1. The number of thiazole rings is 1. The van der Waals surface area contributed by atoms with Gasteiger partial charge in [0.2, 0.25) is 0 Å². The predicted molar refractivity (Wildman–Crippen MR) is 99.4 cm³/mol. The van der Waals surface area contributed by atoms with Crippen LogP contribution in [0.25, 0.3) is 11.3 Å². The molecule has 2 aromatic carbocycles. The lowest BCUT2D eigenvalue weighted by atomic mass is 10.1. The first-order valence-corrected chi connectivity index (χ1v) is 8.54. The van der Waals surface area contributed by atoms with Gasteiger partial charge < -0.3 is 10.6 Å². The van der Waals surface area contributed by atoms with Crippen LogP contribution < -0.4 is 10.6 Å². The third-order valence-corrected chi connectivity index (χ3v) is 4.88. The molecule has 1 heterocycles. The van der Waals surface area contributed by atoms with Crippen LogP contribution in [-0.2, 0) is 0 Å². The van der Waals surface area contributed by atoms with Gasteiger partial charge in [-0.05, 0) is 29.8 Å². The highest BCUT2D eigenvalue weighted by molar-refractivity contribution is 7.10. The van der Waals surface area contributed by atoms with E-state index in [1.807, 2.05) is 43.7 Å². The zero-order valence-corrected chi connectivity index (χ0v) is 14.6. The molecule has 1 aromatic heterocycles. The van der Waals surface area contributed by atoms with Crippen molar-refractivity contribution < 1.29 is 0 Å². The highest BCUT2D eigenvalue weighted by atomic mass is 35.5. The minimum absolute atomic E-state index is 0.211. The van der Waals surface area contributed by atoms with Crippen LogP contribution in [-0.4, -0.2) is 19.1 Å². The van der Waals surface area contributed by atoms with E-state index in [-0.39, 0.29) is 6.04 Å². The van der Waals surface area contributed by atoms with Gasteiger partial charge in [-0.1, -0.05) is 35.9 Å². The zero-order chi connectivity index (χ0) is 16.4. The van der Waals surface area contributed by atoms with Crippen molar-refractivity contribution in [2.24, 2.45) is 5.73 Å². The molecule has 0 fully saturated rings. The van der Waals surface area contributed by atoms with Gasteiger partial charge in [-0.2, -0.15) is 0 Å². The monoisotopic (exact) mass is 343 g/mol. The second-order valence-corrected chi connectivity index (χ2v) is 6.87. The van der Waals surface area contributed by atoms with Crippen LogP contribution in [0.15, 0.2) is 53.9 Å². The molecule has 118 valence electrons.